The minimum Gasteiger partial charge on any atom is -0.352 e. The number of carbonyl (C=O) groups is 1. The van der Waals surface area contributed by atoms with Crippen molar-refractivity contribution in [2.45, 2.75) is 39.8 Å². The van der Waals surface area contributed by atoms with Crippen molar-refractivity contribution in [2.24, 2.45) is 0 Å². The van der Waals surface area contributed by atoms with Gasteiger partial charge in [0.1, 0.15) is 12.4 Å². The molecular weight excluding hydrogens is 278 g/mol. The van der Waals surface area contributed by atoms with Gasteiger partial charge in [-0.1, -0.05) is 37.3 Å². The van der Waals surface area contributed by atoms with Crippen LogP contribution in [0.2, 0.25) is 0 Å². The summed E-state index contributed by atoms with van der Waals surface area (Å²) in [7, 11) is 0. The van der Waals surface area contributed by atoms with E-state index in [4.69, 9.17) is 0 Å². The average Bonchev–Trinajstić information content (AvgIpc) is 2.50. The summed E-state index contributed by atoms with van der Waals surface area (Å²) in [4.78, 5) is 28.8. The summed E-state index contributed by atoms with van der Waals surface area (Å²) in [5, 5.41) is 2.87. The Morgan fingerprint density at radius 2 is 2.00 bits per heavy atom. The quantitative estimate of drug-likeness (QED) is 0.920. The monoisotopic (exact) mass is 299 g/mol. The molecular formula is C17H21N3O2. The Kier molecular flexibility index (Phi) is 5.09. The lowest BCUT2D eigenvalue weighted by Crippen LogP contribution is -2.37. The van der Waals surface area contributed by atoms with Crippen LogP contribution in [0.4, 0.5) is 0 Å². The molecule has 2 aromatic rings. The smallest absolute Gasteiger partial charge is 0.254 e. The molecule has 1 aromatic carbocycles. The highest BCUT2D eigenvalue weighted by atomic mass is 16.2. The van der Waals surface area contributed by atoms with E-state index in [1.807, 2.05) is 44.2 Å². The molecule has 5 nitrogen and oxygen atoms in total. The van der Waals surface area contributed by atoms with Gasteiger partial charge in [-0.3, -0.25) is 14.2 Å². The molecule has 1 amide bonds. The van der Waals surface area contributed by atoms with Crippen LogP contribution in [0.5, 0.6) is 0 Å². The van der Waals surface area contributed by atoms with Gasteiger partial charge in [0, 0.05) is 23.4 Å². The Bertz CT molecular complexity index is 708. The number of aryl methyl sites for hydroxylation is 1. The maximum Gasteiger partial charge on any atom is 0.254 e. The van der Waals surface area contributed by atoms with Crippen molar-refractivity contribution in [1.29, 1.82) is 0 Å². The molecule has 0 bridgehead atoms. The number of aromatic nitrogens is 2. The molecule has 1 atom stereocenters. The molecule has 0 spiro atoms. The standard InChI is InChI=1S/C17H21N3O2/c1-4-12(2)18-15(21)11-20-16(22)10-13(3)19-17(20)14-8-6-5-7-9-14/h5-10,12H,4,11H2,1-3H3,(H,18,21)/t12-/m1/s1. The predicted molar refractivity (Wildman–Crippen MR) is 86.6 cm³/mol. The number of benzene rings is 1. The zero-order chi connectivity index (χ0) is 16.1. The zero-order valence-electron chi connectivity index (χ0n) is 13.2. The Balaban J connectivity index is 2.39. The second-order valence-electron chi connectivity index (χ2n) is 5.39. The van der Waals surface area contributed by atoms with Crippen molar-refractivity contribution in [3.63, 3.8) is 0 Å². The fourth-order valence-corrected chi connectivity index (χ4v) is 2.15. The van der Waals surface area contributed by atoms with E-state index in [0.29, 0.717) is 11.5 Å². The van der Waals surface area contributed by atoms with Gasteiger partial charge >= 0.3 is 0 Å². The fourth-order valence-electron chi connectivity index (χ4n) is 2.15. The van der Waals surface area contributed by atoms with E-state index in [1.54, 1.807) is 6.92 Å². The molecule has 116 valence electrons. The fraction of sp³-hybridized carbons (Fsp3) is 0.353. The maximum absolute atomic E-state index is 12.3. The summed E-state index contributed by atoms with van der Waals surface area (Å²) in [5.41, 5.74) is 1.24. The lowest BCUT2D eigenvalue weighted by Gasteiger charge is -2.15. The molecule has 0 radical (unpaired) electrons. The van der Waals surface area contributed by atoms with Crippen molar-refractivity contribution in [2.75, 3.05) is 0 Å². The number of nitrogens with one attached hydrogen (secondary N) is 1. The summed E-state index contributed by atoms with van der Waals surface area (Å²) in [5.74, 6) is 0.337. The molecule has 0 saturated carbocycles. The number of nitrogens with zero attached hydrogens (tertiary/aromatic N) is 2. The first kappa shape index (κ1) is 15.9. The van der Waals surface area contributed by atoms with Gasteiger partial charge in [0.25, 0.3) is 5.56 Å². The molecule has 2 rings (SSSR count). The van der Waals surface area contributed by atoms with Crippen LogP contribution in [-0.4, -0.2) is 21.5 Å². The highest BCUT2D eigenvalue weighted by molar-refractivity contribution is 5.76. The van der Waals surface area contributed by atoms with Crippen LogP contribution in [-0.2, 0) is 11.3 Å². The van der Waals surface area contributed by atoms with Crippen LogP contribution in [0.15, 0.2) is 41.2 Å². The molecule has 0 aliphatic rings. The summed E-state index contributed by atoms with van der Waals surface area (Å²) >= 11 is 0. The van der Waals surface area contributed by atoms with Crippen molar-refractivity contribution in [1.82, 2.24) is 14.9 Å². The molecule has 1 N–H and O–H groups in total. The topological polar surface area (TPSA) is 64.0 Å². The average molecular weight is 299 g/mol. The summed E-state index contributed by atoms with van der Waals surface area (Å²) < 4.78 is 1.42. The maximum atomic E-state index is 12.3. The Hall–Kier alpha value is -2.43. The Morgan fingerprint density at radius 3 is 2.64 bits per heavy atom. The molecule has 22 heavy (non-hydrogen) atoms. The third-order valence-electron chi connectivity index (χ3n) is 3.49. The molecule has 1 heterocycles. The van der Waals surface area contributed by atoms with Gasteiger partial charge in [0.15, 0.2) is 0 Å². The van der Waals surface area contributed by atoms with E-state index >= 15 is 0 Å². The highest BCUT2D eigenvalue weighted by Crippen LogP contribution is 2.15. The van der Waals surface area contributed by atoms with E-state index < -0.39 is 0 Å². The van der Waals surface area contributed by atoms with E-state index in [-0.39, 0.29) is 24.1 Å². The predicted octanol–water partition coefficient (Wildman–Crippen LogP) is 2.13. The first-order valence-electron chi connectivity index (χ1n) is 7.44. The van der Waals surface area contributed by atoms with Gasteiger partial charge in [-0.15, -0.1) is 0 Å². The zero-order valence-corrected chi connectivity index (χ0v) is 13.2. The minimum atomic E-state index is -0.217. The first-order chi connectivity index (χ1) is 10.5. The molecule has 5 heteroatoms. The number of amides is 1. The summed E-state index contributed by atoms with van der Waals surface area (Å²) in [6, 6.07) is 11.0. The van der Waals surface area contributed by atoms with E-state index in [9.17, 15) is 9.59 Å². The van der Waals surface area contributed by atoms with Crippen molar-refractivity contribution in [3.05, 3.63) is 52.4 Å². The van der Waals surface area contributed by atoms with Crippen LogP contribution in [0.25, 0.3) is 11.4 Å². The van der Waals surface area contributed by atoms with Crippen molar-refractivity contribution < 1.29 is 4.79 Å². The Labute approximate surface area is 130 Å². The molecule has 1 aromatic heterocycles. The van der Waals surface area contributed by atoms with Gasteiger partial charge in [-0.05, 0) is 20.3 Å². The second-order valence-corrected chi connectivity index (χ2v) is 5.39. The SMILES string of the molecule is CC[C@@H](C)NC(=O)Cn1c(-c2ccccc2)nc(C)cc1=O. The van der Waals surface area contributed by atoms with Crippen LogP contribution < -0.4 is 10.9 Å². The number of rotatable bonds is 5. The van der Waals surface area contributed by atoms with Gasteiger partial charge < -0.3 is 5.32 Å². The first-order valence-corrected chi connectivity index (χ1v) is 7.44. The van der Waals surface area contributed by atoms with E-state index in [0.717, 1.165) is 12.0 Å². The largest absolute Gasteiger partial charge is 0.352 e. The van der Waals surface area contributed by atoms with Gasteiger partial charge in [0.05, 0.1) is 0 Å². The van der Waals surface area contributed by atoms with Crippen molar-refractivity contribution in [3.8, 4) is 11.4 Å². The normalized spacial score (nSPS) is 12.0. The third-order valence-corrected chi connectivity index (χ3v) is 3.49. The van der Waals surface area contributed by atoms with Gasteiger partial charge in [0.2, 0.25) is 5.91 Å². The molecule has 0 aliphatic carbocycles. The molecule has 0 aliphatic heterocycles. The molecule has 0 saturated heterocycles. The summed E-state index contributed by atoms with van der Waals surface area (Å²) in [6.45, 7) is 5.68. The number of hydrogen-bond acceptors (Lipinski definition) is 3. The molecule has 0 unspecified atom stereocenters. The Morgan fingerprint density at radius 1 is 1.32 bits per heavy atom. The van der Waals surface area contributed by atoms with E-state index in [1.165, 1.54) is 10.6 Å². The van der Waals surface area contributed by atoms with Crippen LogP contribution in [0.1, 0.15) is 26.0 Å². The number of hydrogen-bond donors (Lipinski definition) is 1. The van der Waals surface area contributed by atoms with Crippen LogP contribution >= 0.6 is 0 Å². The van der Waals surface area contributed by atoms with Gasteiger partial charge in [-0.2, -0.15) is 0 Å². The lowest BCUT2D eigenvalue weighted by atomic mass is 10.2. The lowest BCUT2D eigenvalue weighted by molar-refractivity contribution is -0.122. The highest BCUT2D eigenvalue weighted by Gasteiger charge is 2.13. The van der Waals surface area contributed by atoms with E-state index in [2.05, 4.69) is 10.3 Å². The number of carbonyl (C=O) groups excluding carboxylic acids is 1. The van der Waals surface area contributed by atoms with Crippen LogP contribution in [0.3, 0.4) is 0 Å². The minimum absolute atomic E-state index is 0.0271. The summed E-state index contributed by atoms with van der Waals surface area (Å²) in [6.07, 6.45) is 0.846. The van der Waals surface area contributed by atoms with Crippen LogP contribution in [0, 0.1) is 6.92 Å². The second kappa shape index (κ2) is 7.02. The molecule has 0 fully saturated rings. The van der Waals surface area contributed by atoms with Gasteiger partial charge in [-0.25, -0.2) is 4.98 Å². The third kappa shape index (κ3) is 3.81. The van der Waals surface area contributed by atoms with Crippen molar-refractivity contribution >= 4 is 5.91 Å².